The van der Waals surface area contributed by atoms with E-state index >= 15 is 0 Å². The molecule has 0 saturated carbocycles. The Hall–Kier alpha value is -1.85. The molecule has 0 aliphatic carbocycles. The van der Waals surface area contributed by atoms with E-state index in [4.69, 9.17) is 13.9 Å². The molecule has 5 heteroatoms. The van der Waals surface area contributed by atoms with Gasteiger partial charge >= 0.3 is 0 Å². The van der Waals surface area contributed by atoms with Crippen LogP contribution in [0.5, 0.6) is 5.75 Å². The third-order valence-electron chi connectivity index (χ3n) is 3.99. The SMILES string of the molecule is COc1ccc(-c2nc(CN3C[C@H](C)OC[C@H]3C)co2)cc1. The van der Waals surface area contributed by atoms with Crippen molar-refractivity contribution >= 4 is 0 Å². The summed E-state index contributed by atoms with van der Waals surface area (Å²) < 4.78 is 16.4. The highest BCUT2D eigenvalue weighted by Gasteiger charge is 2.24. The Morgan fingerprint density at radius 3 is 2.77 bits per heavy atom. The molecule has 1 saturated heterocycles. The Labute approximate surface area is 130 Å². The zero-order chi connectivity index (χ0) is 15.5. The lowest BCUT2D eigenvalue weighted by Gasteiger charge is -2.36. The third kappa shape index (κ3) is 3.31. The molecular weight excluding hydrogens is 280 g/mol. The van der Waals surface area contributed by atoms with E-state index in [-0.39, 0.29) is 6.10 Å². The van der Waals surface area contributed by atoms with Gasteiger partial charge in [-0.1, -0.05) is 0 Å². The van der Waals surface area contributed by atoms with Crippen molar-refractivity contribution < 1.29 is 13.9 Å². The minimum Gasteiger partial charge on any atom is -0.497 e. The van der Waals surface area contributed by atoms with Gasteiger partial charge in [-0.05, 0) is 38.1 Å². The first-order valence-electron chi connectivity index (χ1n) is 7.60. The predicted molar refractivity (Wildman–Crippen MR) is 83.8 cm³/mol. The first-order valence-corrected chi connectivity index (χ1v) is 7.60. The van der Waals surface area contributed by atoms with Gasteiger partial charge in [0.2, 0.25) is 5.89 Å². The molecule has 0 radical (unpaired) electrons. The lowest BCUT2D eigenvalue weighted by atomic mass is 10.2. The van der Waals surface area contributed by atoms with Gasteiger partial charge in [-0.3, -0.25) is 4.90 Å². The van der Waals surface area contributed by atoms with Gasteiger partial charge in [-0.2, -0.15) is 0 Å². The Bertz CT molecular complexity index is 609. The maximum Gasteiger partial charge on any atom is 0.226 e. The van der Waals surface area contributed by atoms with Crippen LogP contribution in [0.15, 0.2) is 34.9 Å². The van der Waals surface area contributed by atoms with Gasteiger partial charge in [-0.15, -0.1) is 0 Å². The number of hydrogen-bond donors (Lipinski definition) is 0. The Kier molecular flexibility index (Phi) is 4.45. The van der Waals surface area contributed by atoms with Gasteiger partial charge < -0.3 is 13.9 Å². The van der Waals surface area contributed by atoms with Crippen LogP contribution in [0, 0.1) is 0 Å². The smallest absolute Gasteiger partial charge is 0.226 e. The van der Waals surface area contributed by atoms with Gasteiger partial charge in [-0.25, -0.2) is 4.98 Å². The fraction of sp³-hybridized carbons (Fsp3) is 0.471. The highest BCUT2D eigenvalue weighted by molar-refractivity contribution is 5.54. The lowest BCUT2D eigenvalue weighted by Crippen LogP contribution is -2.46. The number of nitrogens with zero attached hydrogens (tertiary/aromatic N) is 2. The summed E-state index contributed by atoms with van der Waals surface area (Å²) in [7, 11) is 1.66. The van der Waals surface area contributed by atoms with Crippen molar-refractivity contribution in [3.05, 3.63) is 36.2 Å². The van der Waals surface area contributed by atoms with E-state index in [2.05, 4.69) is 23.7 Å². The first-order chi connectivity index (χ1) is 10.7. The van der Waals surface area contributed by atoms with Gasteiger partial charge in [0, 0.05) is 24.7 Å². The molecule has 3 rings (SSSR count). The summed E-state index contributed by atoms with van der Waals surface area (Å²) in [5.41, 5.74) is 1.90. The van der Waals surface area contributed by atoms with Crippen LogP contribution in [0.3, 0.4) is 0 Å². The molecule has 1 aromatic carbocycles. The normalized spacial score (nSPS) is 22.7. The fourth-order valence-corrected chi connectivity index (χ4v) is 2.65. The van der Waals surface area contributed by atoms with Crippen LogP contribution in [0.4, 0.5) is 0 Å². The minimum absolute atomic E-state index is 0.268. The molecule has 118 valence electrons. The maximum atomic E-state index is 5.66. The van der Waals surface area contributed by atoms with Crippen molar-refractivity contribution in [1.29, 1.82) is 0 Å². The van der Waals surface area contributed by atoms with E-state index in [0.717, 1.165) is 36.7 Å². The van der Waals surface area contributed by atoms with Crippen LogP contribution < -0.4 is 4.74 Å². The van der Waals surface area contributed by atoms with E-state index in [1.165, 1.54) is 0 Å². The van der Waals surface area contributed by atoms with Gasteiger partial charge in [0.25, 0.3) is 0 Å². The van der Waals surface area contributed by atoms with Gasteiger partial charge in [0.05, 0.1) is 25.5 Å². The number of rotatable bonds is 4. The van der Waals surface area contributed by atoms with E-state index in [0.29, 0.717) is 11.9 Å². The number of hydrogen-bond acceptors (Lipinski definition) is 5. The summed E-state index contributed by atoms with van der Waals surface area (Å²) in [5, 5.41) is 0. The molecule has 0 bridgehead atoms. The zero-order valence-electron chi connectivity index (χ0n) is 13.3. The van der Waals surface area contributed by atoms with E-state index < -0.39 is 0 Å². The van der Waals surface area contributed by atoms with E-state index in [9.17, 15) is 0 Å². The van der Waals surface area contributed by atoms with Gasteiger partial charge in [0.1, 0.15) is 12.0 Å². The minimum atomic E-state index is 0.268. The second-order valence-corrected chi connectivity index (χ2v) is 5.79. The fourth-order valence-electron chi connectivity index (χ4n) is 2.65. The molecule has 0 N–H and O–H groups in total. The standard InChI is InChI=1S/C17H22N2O3/c1-12-10-21-13(2)8-19(12)9-15-11-22-17(18-15)14-4-6-16(20-3)7-5-14/h4-7,11-13H,8-10H2,1-3H3/t12-,13+/m1/s1. The molecule has 2 atom stereocenters. The van der Waals surface area contributed by atoms with Crippen LogP contribution in [-0.2, 0) is 11.3 Å². The van der Waals surface area contributed by atoms with E-state index in [1.807, 2.05) is 24.3 Å². The predicted octanol–water partition coefficient (Wildman–Crippen LogP) is 2.96. The summed E-state index contributed by atoms with van der Waals surface area (Å²) in [6.07, 6.45) is 2.01. The molecular formula is C17H22N2O3. The van der Waals surface area contributed by atoms with Crippen LogP contribution in [0.25, 0.3) is 11.5 Å². The second kappa shape index (κ2) is 6.50. The summed E-state index contributed by atoms with van der Waals surface area (Å²) in [5.74, 6) is 1.47. The summed E-state index contributed by atoms with van der Waals surface area (Å²) in [4.78, 5) is 6.98. The van der Waals surface area contributed by atoms with E-state index in [1.54, 1.807) is 13.4 Å². The average molecular weight is 302 g/mol. The highest BCUT2D eigenvalue weighted by atomic mass is 16.5. The molecule has 2 heterocycles. The Morgan fingerprint density at radius 2 is 2.05 bits per heavy atom. The number of oxazole rings is 1. The average Bonchev–Trinajstić information content (AvgIpc) is 2.99. The lowest BCUT2D eigenvalue weighted by molar-refractivity contribution is -0.0530. The summed E-state index contributed by atoms with van der Waals surface area (Å²) in [6, 6.07) is 8.12. The quantitative estimate of drug-likeness (QED) is 0.869. The number of aromatic nitrogens is 1. The molecule has 0 spiro atoms. The maximum absolute atomic E-state index is 5.66. The highest BCUT2D eigenvalue weighted by Crippen LogP contribution is 2.23. The van der Waals surface area contributed by atoms with Crippen molar-refractivity contribution in [2.24, 2.45) is 0 Å². The molecule has 1 fully saturated rings. The molecule has 5 nitrogen and oxygen atoms in total. The van der Waals surface area contributed by atoms with Crippen LogP contribution in [0.2, 0.25) is 0 Å². The molecule has 0 unspecified atom stereocenters. The number of methoxy groups -OCH3 is 1. The third-order valence-corrected chi connectivity index (χ3v) is 3.99. The molecule has 22 heavy (non-hydrogen) atoms. The monoisotopic (exact) mass is 302 g/mol. The number of morpholine rings is 1. The molecule has 1 aliphatic rings. The molecule has 1 aromatic heterocycles. The Morgan fingerprint density at radius 1 is 1.27 bits per heavy atom. The largest absolute Gasteiger partial charge is 0.497 e. The van der Waals surface area contributed by atoms with Gasteiger partial charge in [0.15, 0.2) is 0 Å². The molecule has 1 aliphatic heterocycles. The first kappa shape index (κ1) is 15.1. The number of ether oxygens (including phenoxy) is 2. The zero-order valence-corrected chi connectivity index (χ0v) is 13.3. The second-order valence-electron chi connectivity index (χ2n) is 5.79. The van der Waals surface area contributed by atoms with Crippen molar-refractivity contribution in [2.75, 3.05) is 20.3 Å². The van der Waals surface area contributed by atoms with Crippen molar-refractivity contribution in [1.82, 2.24) is 9.88 Å². The van der Waals surface area contributed by atoms with Crippen LogP contribution >= 0.6 is 0 Å². The van der Waals surface area contributed by atoms with Crippen molar-refractivity contribution in [2.45, 2.75) is 32.5 Å². The Balaban J connectivity index is 1.70. The van der Waals surface area contributed by atoms with Crippen LogP contribution in [0.1, 0.15) is 19.5 Å². The molecule has 2 aromatic rings. The molecule has 0 amide bonds. The topological polar surface area (TPSA) is 47.7 Å². The van der Waals surface area contributed by atoms with Crippen LogP contribution in [-0.4, -0.2) is 42.3 Å². The summed E-state index contributed by atoms with van der Waals surface area (Å²) >= 11 is 0. The number of benzene rings is 1. The van der Waals surface area contributed by atoms with Crippen molar-refractivity contribution in [3.8, 4) is 17.2 Å². The summed E-state index contributed by atoms with van der Waals surface area (Å²) in [6.45, 7) is 6.76. The van der Waals surface area contributed by atoms with Crippen molar-refractivity contribution in [3.63, 3.8) is 0 Å².